The molecular formula is C22H16ClFN6O2. The smallest absolute Gasteiger partial charge is 0.267 e. The zero-order valence-electron chi connectivity index (χ0n) is 16.5. The number of carbonyl (C=O) groups excluding carboxylic acids is 2. The van der Waals surface area contributed by atoms with Crippen LogP contribution in [0.5, 0.6) is 0 Å². The molecule has 0 saturated carbocycles. The van der Waals surface area contributed by atoms with E-state index in [4.69, 9.17) is 11.6 Å². The van der Waals surface area contributed by atoms with Crippen molar-refractivity contribution >= 4 is 23.4 Å². The lowest BCUT2D eigenvalue weighted by molar-refractivity contribution is 0.0844. The third-order valence-electron chi connectivity index (χ3n) is 4.49. The normalized spacial score (nSPS) is 10.6. The summed E-state index contributed by atoms with van der Waals surface area (Å²) in [6.07, 6.45) is 0. The molecule has 0 radical (unpaired) electrons. The molecule has 8 nitrogen and oxygen atoms in total. The first-order chi connectivity index (χ1) is 15.5. The number of halogens is 2. The lowest BCUT2D eigenvalue weighted by Gasteiger charge is -2.09. The van der Waals surface area contributed by atoms with Crippen molar-refractivity contribution in [2.75, 3.05) is 0 Å². The van der Waals surface area contributed by atoms with Gasteiger partial charge in [0.1, 0.15) is 5.82 Å². The molecule has 0 unspecified atom stereocenters. The van der Waals surface area contributed by atoms with Gasteiger partial charge < -0.3 is 0 Å². The van der Waals surface area contributed by atoms with Crippen LogP contribution in [-0.2, 0) is 6.54 Å². The molecule has 4 rings (SSSR count). The minimum absolute atomic E-state index is 0.167. The number of amides is 2. The summed E-state index contributed by atoms with van der Waals surface area (Å²) in [5.74, 6) is -1.61. The van der Waals surface area contributed by atoms with E-state index in [1.54, 1.807) is 24.3 Å². The minimum Gasteiger partial charge on any atom is -0.267 e. The third-order valence-corrected chi connectivity index (χ3v) is 4.73. The van der Waals surface area contributed by atoms with E-state index in [2.05, 4.69) is 26.3 Å². The first-order valence-electron chi connectivity index (χ1n) is 9.47. The maximum Gasteiger partial charge on any atom is 0.272 e. The zero-order valence-corrected chi connectivity index (χ0v) is 17.3. The van der Waals surface area contributed by atoms with Crippen molar-refractivity contribution in [3.63, 3.8) is 0 Å². The molecule has 3 aromatic carbocycles. The van der Waals surface area contributed by atoms with Crippen LogP contribution in [0.15, 0.2) is 72.8 Å². The number of hydrogen-bond acceptors (Lipinski definition) is 5. The summed E-state index contributed by atoms with van der Waals surface area (Å²) >= 11 is 5.67. The summed E-state index contributed by atoms with van der Waals surface area (Å²) < 4.78 is 13.8. The zero-order chi connectivity index (χ0) is 22.5. The van der Waals surface area contributed by atoms with Crippen molar-refractivity contribution in [2.24, 2.45) is 0 Å². The van der Waals surface area contributed by atoms with Crippen LogP contribution in [0.1, 0.15) is 26.3 Å². The fourth-order valence-corrected chi connectivity index (χ4v) is 3.02. The Labute approximate surface area is 187 Å². The lowest BCUT2D eigenvalue weighted by atomic mass is 10.1. The topological polar surface area (TPSA) is 102 Å². The molecule has 0 bridgehead atoms. The molecule has 0 spiro atoms. The second kappa shape index (κ2) is 9.36. The van der Waals surface area contributed by atoms with Crippen LogP contribution in [0, 0.1) is 5.82 Å². The van der Waals surface area contributed by atoms with E-state index < -0.39 is 17.6 Å². The monoisotopic (exact) mass is 450 g/mol. The van der Waals surface area contributed by atoms with Gasteiger partial charge in [0.2, 0.25) is 5.82 Å². The fourth-order valence-electron chi connectivity index (χ4n) is 2.86. The van der Waals surface area contributed by atoms with Crippen LogP contribution in [0.2, 0.25) is 5.02 Å². The predicted octanol–water partition coefficient (Wildman–Crippen LogP) is 3.26. The van der Waals surface area contributed by atoms with Crippen molar-refractivity contribution in [2.45, 2.75) is 6.54 Å². The van der Waals surface area contributed by atoms with Gasteiger partial charge in [0.25, 0.3) is 11.8 Å². The summed E-state index contributed by atoms with van der Waals surface area (Å²) in [7, 11) is 0. The van der Waals surface area contributed by atoms with E-state index in [-0.39, 0.29) is 10.6 Å². The second-order valence-electron chi connectivity index (χ2n) is 6.74. The largest absolute Gasteiger partial charge is 0.272 e. The first-order valence-corrected chi connectivity index (χ1v) is 9.85. The molecule has 2 N–H and O–H groups in total. The highest BCUT2D eigenvalue weighted by Crippen LogP contribution is 2.15. The van der Waals surface area contributed by atoms with Gasteiger partial charge in [-0.15, -0.1) is 10.2 Å². The SMILES string of the molecule is O=C(NNC(=O)c1ccc(Cl)cc1F)c1ccc(Cn2nnc(-c3ccccc3)n2)cc1. The van der Waals surface area contributed by atoms with Gasteiger partial charge in [0.15, 0.2) is 0 Å². The summed E-state index contributed by atoms with van der Waals surface area (Å²) in [6.45, 7) is 0.369. The van der Waals surface area contributed by atoms with Crippen molar-refractivity contribution in [3.05, 3.63) is 100 Å². The van der Waals surface area contributed by atoms with Gasteiger partial charge in [0, 0.05) is 16.1 Å². The standard InChI is InChI=1S/C22H16ClFN6O2/c23-17-10-11-18(19(24)12-17)22(32)27-26-21(31)16-8-6-14(7-9-16)13-30-28-20(25-29-30)15-4-2-1-3-5-15/h1-12H,13H2,(H,26,31)(H,27,32). The Balaban J connectivity index is 1.34. The molecular weight excluding hydrogens is 435 g/mol. The Morgan fingerprint density at radius 3 is 2.38 bits per heavy atom. The number of tetrazole rings is 1. The Morgan fingerprint density at radius 2 is 1.66 bits per heavy atom. The van der Waals surface area contributed by atoms with Gasteiger partial charge in [-0.1, -0.05) is 54.1 Å². The Bertz CT molecular complexity index is 1260. The molecule has 1 aromatic heterocycles. The average molecular weight is 451 g/mol. The fraction of sp³-hybridized carbons (Fsp3) is 0.0455. The van der Waals surface area contributed by atoms with Crippen LogP contribution in [-0.4, -0.2) is 32.0 Å². The highest BCUT2D eigenvalue weighted by Gasteiger charge is 2.14. The quantitative estimate of drug-likeness (QED) is 0.454. The molecule has 1 heterocycles. The van der Waals surface area contributed by atoms with Gasteiger partial charge in [-0.25, -0.2) is 4.39 Å². The number of rotatable bonds is 5. The predicted molar refractivity (Wildman–Crippen MR) is 115 cm³/mol. The Hall–Kier alpha value is -4.11. The van der Waals surface area contributed by atoms with E-state index in [1.807, 2.05) is 30.3 Å². The number of hydrazine groups is 1. The number of carbonyl (C=O) groups is 2. The van der Waals surface area contributed by atoms with Gasteiger partial charge >= 0.3 is 0 Å². The number of benzene rings is 3. The number of nitrogens with one attached hydrogen (secondary N) is 2. The van der Waals surface area contributed by atoms with Crippen LogP contribution in [0.25, 0.3) is 11.4 Å². The second-order valence-corrected chi connectivity index (χ2v) is 7.18. The van der Waals surface area contributed by atoms with Crippen LogP contribution < -0.4 is 10.9 Å². The maximum atomic E-state index is 13.8. The van der Waals surface area contributed by atoms with E-state index in [1.165, 1.54) is 16.9 Å². The van der Waals surface area contributed by atoms with Gasteiger partial charge in [0.05, 0.1) is 12.1 Å². The highest BCUT2D eigenvalue weighted by molar-refractivity contribution is 6.30. The Kier molecular flexibility index (Phi) is 6.18. The lowest BCUT2D eigenvalue weighted by Crippen LogP contribution is -2.41. The Morgan fingerprint density at radius 1 is 0.938 bits per heavy atom. The van der Waals surface area contributed by atoms with Gasteiger partial charge in [-0.05, 0) is 41.1 Å². The van der Waals surface area contributed by atoms with E-state index in [0.717, 1.165) is 17.2 Å². The van der Waals surface area contributed by atoms with E-state index in [9.17, 15) is 14.0 Å². The maximum absolute atomic E-state index is 13.8. The van der Waals surface area contributed by atoms with Crippen LogP contribution in [0.4, 0.5) is 4.39 Å². The molecule has 160 valence electrons. The molecule has 0 atom stereocenters. The summed E-state index contributed by atoms with van der Waals surface area (Å²) in [5, 5.41) is 12.6. The van der Waals surface area contributed by atoms with Gasteiger partial charge in [-0.2, -0.15) is 4.80 Å². The minimum atomic E-state index is -0.796. The summed E-state index contributed by atoms with van der Waals surface area (Å²) in [4.78, 5) is 25.8. The van der Waals surface area contributed by atoms with Crippen molar-refractivity contribution < 1.29 is 14.0 Å². The molecule has 2 amide bonds. The molecule has 0 aliphatic heterocycles. The molecule has 32 heavy (non-hydrogen) atoms. The third kappa shape index (κ3) is 4.96. The number of aromatic nitrogens is 4. The molecule has 0 fully saturated rings. The molecule has 0 aliphatic carbocycles. The van der Waals surface area contributed by atoms with Crippen LogP contribution in [0.3, 0.4) is 0 Å². The van der Waals surface area contributed by atoms with E-state index in [0.29, 0.717) is 17.9 Å². The molecule has 10 heteroatoms. The molecule has 0 aliphatic rings. The highest BCUT2D eigenvalue weighted by atomic mass is 35.5. The summed E-state index contributed by atoms with van der Waals surface area (Å²) in [5.41, 5.74) is 6.22. The van der Waals surface area contributed by atoms with Crippen LogP contribution >= 0.6 is 11.6 Å². The van der Waals surface area contributed by atoms with Crippen molar-refractivity contribution in [1.82, 2.24) is 31.1 Å². The van der Waals surface area contributed by atoms with E-state index >= 15 is 0 Å². The average Bonchev–Trinajstić information content (AvgIpc) is 3.27. The van der Waals surface area contributed by atoms with Crippen molar-refractivity contribution in [1.29, 1.82) is 0 Å². The number of nitrogens with zero attached hydrogens (tertiary/aromatic N) is 4. The summed E-state index contributed by atoms with van der Waals surface area (Å²) in [6, 6.07) is 19.8. The molecule has 0 saturated heterocycles. The van der Waals surface area contributed by atoms with Gasteiger partial charge in [-0.3, -0.25) is 20.4 Å². The van der Waals surface area contributed by atoms with Crippen molar-refractivity contribution in [3.8, 4) is 11.4 Å². The first kappa shape index (κ1) is 21.1. The number of hydrogen-bond donors (Lipinski definition) is 2. The molecule has 4 aromatic rings.